The van der Waals surface area contributed by atoms with Crippen LogP contribution in [0.5, 0.6) is 0 Å². The van der Waals surface area contributed by atoms with Gasteiger partial charge >= 0.3 is 0 Å². The number of hydrogen-bond acceptors (Lipinski definition) is 2. The lowest BCUT2D eigenvalue weighted by Crippen LogP contribution is -2.00. The fourth-order valence-electron chi connectivity index (χ4n) is 2.32. The fourth-order valence-corrected chi connectivity index (χ4v) is 2.32. The van der Waals surface area contributed by atoms with Crippen LogP contribution in [0.15, 0.2) is 54.7 Å². The van der Waals surface area contributed by atoms with Crippen molar-refractivity contribution in [2.24, 2.45) is 0 Å². The summed E-state index contributed by atoms with van der Waals surface area (Å²) in [6.07, 6.45) is 2.52. The summed E-state index contributed by atoms with van der Waals surface area (Å²) in [5.74, 6) is -0.266. The lowest BCUT2D eigenvalue weighted by atomic mass is 10.1. The highest BCUT2D eigenvalue weighted by molar-refractivity contribution is 5.85. The zero-order chi connectivity index (χ0) is 15.5. The third kappa shape index (κ3) is 2.96. The molecular weight excluding hydrogens is 279 g/mol. The molecule has 4 heteroatoms. The van der Waals surface area contributed by atoms with Crippen molar-refractivity contribution >= 4 is 6.29 Å². The number of hydrogen-bond donors (Lipinski definition) is 0. The van der Waals surface area contributed by atoms with Crippen molar-refractivity contribution in [2.75, 3.05) is 0 Å². The monoisotopic (exact) mass is 294 g/mol. The van der Waals surface area contributed by atoms with E-state index >= 15 is 0 Å². The smallest absolute Gasteiger partial charge is 0.153 e. The zero-order valence-electron chi connectivity index (χ0n) is 12.2. The third-order valence-corrected chi connectivity index (χ3v) is 3.50. The number of aromatic nitrogens is 2. The Bertz CT molecular complexity index is 789. The molecule has 0 aliphatic heterocycles. The van der Waals surface area contributed by atoms with E-state index in [-0.39, 0.29) is 5.82 Å². The van der Waals surface area contributed by atoms with E-state index in [0.717, 1.165) is 23.0 Å². The Balaban J connectivity index is 1.92. The molecule has 0 fully saturated rings. The highest BCUT2D eigenvalue weighted by Gasteiger charge is 2.10. The van der Waals surface area contributed by atoms with Crippen LogP contribution < -0.4 is 0 Å². The van der Waals surface area contributed by atoms with Crippen molar-refractivity contribution in [3.8, 4) is 11.3 Å². The van der Waals surface area contributed by atoms with Crippen LogP contribution >= 0.6 is 0 Å². The summed E-state index contributed by atoms with van der Waals surface area (Å²) < 4.78 is 14.6. The number of aryl methyl sites for hydroxylation is 1. The third-order valence-electron chi connectivity index (χ3n) is 3.50. The number of aldehydes is 1. The topological polar surface area (TPSA) is 34.9 Å². The van der Waals surface area contributed by atoms with Crippen LogP contribution in [0.4, 0.5) is 4.39 Å². The largest absolute Gasteiger partial charge is 0.298 e. The first kappa shape index (κ1) is 14.2. The molecule has 0 aliphatic carbocycles. The predicted octanol–water partition coefficient (Wildman–Crippen LogP) is 3.86. The fraction of sp³-hybridized carbons (Fsp3) is 0.111. The van der Waals surface area contributed by atoms with Crippen LogP contribution in [0.3, 0.4) is 0 Å². The number of nitrogens with zero attached hydrogens (tertiary/aromatic N) is 2. The average molecular weight is 294 g/mol. The summed E-state index contributed by atoms with van der Waals surface area (Å²) in [6, 6.07) is 14.1. The van der Waals surface area contributed by atoms with E-state index in [1.807, 2.05) is 31.2 Å². The molecule has 0 atom stereocenters. The average Bonchev–Trinajstić information content (AvgIpc) is 2.93. The number of rotatable bonds is 4. The van der Waals surface area contributed by atoms with E-state index in [0.29, 0.717) is 17.8 Å². The molecule has 0 spiro atoms. The number of carbonyl (C=O) groups is 1. The maximum Gasteiger partial charge on any atom is 0.153 e. The van der Waals surface area contributed by atoms with E-state index < -0.39 is 0 Å². The van der Waals surface area contributed by atoms with Crippen molar-refractivity contribution in [3.05, 3.63) is 77.2 Å². The second kappa shape index (κ2) is 5.93. The molecule has 3 aromatic rings. The molecule has 110 valence electrons. The second-order valence-electron chi connectivity index (χ2n) is 5.24. The van der Waals surface area contributed by atoms with Crippen LogP contribution in [-0.4, -0.2) is 16.1 Å². The summed E-state index contributed by atoms with van der Waals surface area (Å²) in [5, 5.41) is 4.49. The minimum Gasteiger partial charge on any atom is -0.298 e. The van der Waals surface area contributed by atoms with Gasteiger partial charge in [0, 0.05) is 11.8 Å². The van der Waals surface area contributed by atoms with E-state index in [9.17, 15) is 9.18 Å². The van der Waals surface area contributed by atoms with Gasteiger partial charge < -0.3 is 0 Å². The van der Waals surface area contributed by atoms with Crippen LogP contribution in [0.1, 0.15) is 21.5 Å². The molecule has 0 bridgehead atoms. The molecule has 3 rings (SSSR count). The van der Waals surface area contributed by atoms with Gasteiger partial charge in [-0.1, -0.05) is 42.0 Å². The molecule has 0 saturated heterocycles. The van der Waals surface area contributed by atoms with Crippen molar-refractivity contribution in [1.82, 2.24) is 9.78 Å². The first-order chi connectivity index (χ1) is 10.7. The quantitative estimate of drug-likeness (QED) is 0.685. The van der Waals surface area contributed by atoms with Crippen molar-refractivity contribution in [1.29, 1.82) is 0 Å². The molecule has 1 heterocycles. The molecule has 2 aromatic carbocycles. The summed E-state index contributed by atoms with van der Waals surface area (Å²) in [6.45, 7) is 2.50. The molecule has 0 N–H and O–H groups in total. The molecule has 1 aromatic heterocycles. The molecule has 22 heavy (non-hydrogen) atoms. The Hall–Kier alpha value is -2.75. The van der Waals surface area contributed by atoms with Crippen LogP contribution in [-0.2, 0) is 6.54 Å². The summed E-state index contributed by atoms with van der Waals surface area (Å²) >= 11 is 0. The SMILES string of the molecule is Cc1ccc(-c2nn(Cc3ccc(F)cc3)cc2C=O)cc1. The van der Waals surface area contributed by atoms with Gasteiger partial charge in [0.05, 0.1) is 12.1 Å². The normalized spacial score (nSPS) is 10.6. The lowest BCUT2D eigenvalue weighted by molar-refractivity contribution is 0.112. The second-order valence-corrected chi connectivity index (χ2v) is 5.24. The molecule has 3 nitrogen and oxygen atoms in total. The zero-order valence-corrected chi connectivity index (χ0v) is 12.2. The van der Waals surface area contributed by atoms with Crippen LogP contribution in [0, 0.1) is 12.7 Å². The van der Waals surface area contributed by atoms with Gasteiger partial charge in [-0.3, -0.25) is 9.48 Å². The standard InChI is InChI=1S/C18H15FN2O/c1-13-2-6-15(7-3-13)18-16(12-22)11-21(20-18)10-14-4-8-17(19)9-5-14/h2-9,11-12H,10H2,1H3. The summed E-state index contributed by atoms with van der Waals surface area (Å²) in [7, 11) is 0. The Morgan fingerprint density at radius 2 is 1.77 bits per heavy atom. The molecule has 0 saturated carbocycles. The molecule has 0 radical (unpaired) electrons. The van der Waals surface area contributed by atoms with Crippen molar-refractivity contribution < 1.29 is 9.18 Å². The van der Waals surface area contributed by atoms with Gasteiger partial charge in [0.2, 0.25) is 0 Å². The van der Waals surface area contributed by atoms with Crippen LogP contribution in [0.25, 0.3) is 11.3 Å². The van der Waals surface area contributed by atoms with E-state index in [1.54, 1.807) is 23.0 Å². The van der Waals surface area contributed by atoms with Crippen molar-refractivity contribution in [2.45, 2.75) is 13.5 Å². The van der Waals surface area contributed by atoms with E-state index in [2.05, 4.69) is 5.10 Å². The van der Waals surface area contributed by atoms with Gasteiger partial charge in [-0.15, -0.1) is 0 Å². The maximum absolute atomic E-state index is 12.9. The summed E-state index contributed by atoms with van der Waals surface area (Å²) in [4.78, 5) is 11.3. The molecule has 0 unspecified atom stereocenters. The van der Waals surface area contributed by atoms with Crippen molar-refractivity contribution in [3.63, 3.8) is 0 Å². The minimum absolute atomic E-state index is 0.266. The van der Waals surface area contributed by atoms with Gasteiger partial charge in [0.1, 0.15) is 11.5 Å². The van der Waals surface area contributed by atoms with Gasteiger partial charge in [-0.05, 0) is 24.6 Å². The Morgan fingerprint density at radius 1 is 1.09 bits per heavy atom. The Kier molecular flexibility index (Phi) is 3.83. The highest BCUT2D eigenvalue weighted by Crippen LogP contribution is 2.21. The summed E-state index contributed by atoms with van der Waals surface area (Å²) in [5.41, 5.74) is 4.20. The maximum atomic E-state index is 12.9. The van der Waals surface area contributed by atoms with E-state index in [1.165, 1.54) is 12.1 Å². The lowest BCUT2D eigenvalue weighted by Gasteiger charge is -2.02. The van der Waals surface area contributed by atoms with Gasteiger partial charge in [0.15, 0.2) is 6.29 Å². The Morgan fingerprint density at radius 3 is 2.41 bits per heavy atom. The van der Waals surface area contributed by atoms with Gasteiger partial charge in [-0.2, -0.15) is 5.10 Å². The molecule has 0 amide bonds. The van der Waals surface area contributed by atoms with E-state index in [4.69, 9.17) is 0 Å². The predicted molar refractivity (Wildman–Crippen MR) is 83.3 cm³/mol. The first-order valence-corrected chi connectivity index (χ1v) is 7.00. The number of carbonyl (C=O) groups excluding carboxylic acids is 1. The molecular formula is C18H15FN2O. The van der Waals surface area contributed by atoms with Gasteiger partial charge in [-0.25, -0.2) is 4.39 Å². The van der Waals surface area contributed by atoms with Crippen LogP contribution in [0.2, 0.25) is 0 Å². The highest BCUT2D eigenvalue weighted by atomic mass is 19.1. The number of halogens is 1. The number of benzene rings is 2. The first-order valence-electron chi connectivity index (χ1n) is 7.00. The molecule has 0 aliphatic rings. The minimum atomic E-state index is -0.266. The Labute approximate surface area is 128 Å². The van der Waals surface area contributed by atoms with Gasteiger partial charge in [0.25, 0.3) is 0 Å².